The zero-order chi connectivity index (χ0) is 17.7. The molecule has 1 N–H and O–H groups in total. The number of rotatable bonds is 7. The molecule has 0 amide bonds. The van der Waals surface area contributed by atoms with Crippen LogP contribution >= 0.6 is 0 Å². The first-order valence-electron chi connectivity index (χ1n) is 9.23. The van der Waals surface area contributed by atoms with Gasteiger partial charge in [0.2, 0.25) is 10.0 Å². The van der Waals surface area contributed by atoms with Crippen LogP contribution in [0.25, 0.3) is 0 Å². The van der Waals surface area contributed by atoms with E-state index in [4.69, 9.17) is 9.47 Å². The molecule has 140 valence electrons. The van der Waals surface area contributed by atoms with Crippen molar-refractivity contribution >= 4 is 10.0 Å². The van der Waals surface area contributed by atoms with Crippen molar-refractivity contribution in [1.82, 2.24) is 9.62 Å². The smallest absolute Gasteiger partial charge is 0.240 e. The van der Waals surface area contributed by atoms with E-state index in [-0.39, 0.29) is 4.90 Å². The van der Waals surface area contributed by atoms with E-state index in [9.17, 15) is 8.42 Å². The summed E-state index contributed by atoms with van der Waals surface area (Å²) < 4.78 is 38.5. The quantitative estimate of drug-likeness (QED) is 0.749. The molecule has 2 aliphatic heterocycles. The SMILES string of the molecule is CC[C@@H]1CCCCN1CCCNS(=O)(=O)c1ccc2c(c1)OCCO2. The lowest BCUT2D eigenvalue weighted by atomic mass is 10.00. The first-order chi connectivity index (χ1) is 12.1. The zero-order valence-corrected chi connectivity index (χ0v) is 15.7. The van der Waals surface area contributed by atoms with Gasteiger partial charge in [0.1, 0.15) is 13.2 Å². The molecule has 0 aliphatic carbocycles. The summed E-state index contributed by atoms with van der Waals surface area (Å²) in [7, 11) is -3.52. The molecule has 1 fully saturated rings. The molecule has 0 unspecified atom stereocenters. The fourth-order valence-electron chi connectivity index (χ4n) is 3.58. The lowest BCUT2D eigenvalue weighted by Gasteiger charge is -2.35. The topological polar surface area (TPSA) is 67.9 Å². The number of nitrogens with zero attached hydrogens (tertiary/aromatic N) is 1. The number of likely N-dealkylation sites (tertiary alicyclic amines) is 1. The van der Waals surface area contributed by atoms with Crippen LogP contribution in [0.5, 0.6) is 11.5 Å². The predicted octanol–water partition coefficient (Wildman–Crippen LogP) is 2.39. The largest absolute Gasteiger partial charge is 0.486 e. The van der Waals surface area contributed by atoms with E-state index >= 15 is 0 Å². The van der Waals surface area contributed by atoms with E-state index in [1.165, 1.54) is 31.7 Å². The van der Waals surface area contributed by atoms with Gasteiger partial charge < -0.3 is 14.4 Å². The van der Waals surface area contributed by atoms with Gasteiger partial charge in [-0.05, 0) is 50.9 Å². The molecule has 0 aromatic heterocycles. The summed E-state index contributed by atoms with van der Waals surface area (Å²) in [5.74, 6) is 1.09. The van der Waals surface area contributed by atoms with Gasteiger partial charge in [-0.2, -0.15) is 0 Å². The van der Waals surface area contributed by atoms with Crippen LogP contribution in [0, 0.1) is 0 Å². The summed E-state index contributed by atoms with van der Waals surface area (Å²) in [6.45, 7) is 5.69. The third-order valence-electron chi connectivity index (χ3n) is 4.96. The third-order valence-corrected chi connectivity index (χ3v) is 6.42. The molecule has 3 rings (SSSR count). The Morgan fingerprint density at radius 3 is 2.80 bits per heavy atom. The van der Waals surface area contributed by atoms with Gasteiger partial charge in [0.25, 0.3) is 0 Å². The highest BCUT2D eigenvalue weighted by atomic mass is 32.2. The third kappa shape index (κ3) is 4.65. The molecular formula is C18H28N2O4S. The number of benzene rings is 1. The average molecular weight is 368 g/mol. The van der Waals surface area contributed by atoms with Crippen molar-refractivity contribution < 1.29 is 17.9 Å². The summed E-state index contributed by atoms with van der Waals surface area (Å²) in [5.41, 5.74) is 0. The average Bonchev–Trinajstić information content (AvgIpc) is 2.65. The molecule has 1 saturated heterocycles. The number of fused-ring (bicyclic) bond motifs is 1. The van der Waals surface area contributed by atoms with Crippen LogP contribution in [-0.2, 0) is 10.0 Å². The lowest BCUT2D eigenvalue weighted by Crippen LogP contribution is -2.40. The molecule has 0 radical (unpaired) electrons. The summed E-state index contributed by atoms with van der Waals surface area (Å²) in [6, 6.07) is 5.41. The minimum Gasteiger partial charge on any atom is -0.486 e. The minimum absolute atomic E-state index is 0.223. The molecule has 0 spiro atoms. The maximum atomic E-state index is 12.5. The second-order valence-electron chi connectivity index (χ2n) is 6.65. The molecular weight excluding hydrogens is 340 g/mol. The maximum absolute atomic E-state index is 12.5. The Hall–Kier alpha value is -1.31. The molecule has 7 heteroatoms. The van der Waals surface area contributed by atoms with Crippen LogP contribution < -0.4 is 14.2 Å². The Labute approximate surface area is 150 Å². The number of piperidine rings is 1. The van der Waals surface area contributed by atoms with Crippen LogP contribution in [0.3, 0.4) is 0 Å². The van der Waals surface area contributed by atoms with Gasteiger partial charge in [0.15, 0.2) is 11.5 Å². The molecule has 1 aromatic carbocycles. The number of hydrogen-bond acceptors (Lipinski definition) is 5. The van der Waals surface area contributed by atoms with E-state index < -0.39 is 10.0 Å². The first-order valence-corrected chi connectivity index (χ1v) is 10.7. The number of sulfonamides is 1. The van der Waals surface area contributed by atoms with Crippen molar-refractivity contribution in [3.63, 3.8) is 0 Å². The molecule has 25 heavy (non-hydrogen) atoms. The highest BCUT2D eigenvalue weighted by Crippen LogP contribution is 2.32. The van der Waals surface area contributed by atoms with Gasteiger partial charge >= 0.3 is 0 Å². The standard InChI is InChI=1S/C18H28N2O4S/c1-2-15-6-3-4-10-20(15)11-5-9-19-25(21,22)16-7-8-17-18(14-16)24-13-12-23-17/h7-8,14-15,19H,2-6,9-13H2,1H3/t15-/m1/s1. The fourth-order valence-corrected chi connectivity index (χ4v) is 4.67. The highest BCUT2D eigenvalue weighted by molar-refractivity contribution is 7.89. The van der Waals surface area contributed by atoms with Gasteiger partial charge in [-0.3, -0.25) is 0 Å². The number of nitrogens with one attached hydrogen (secondary N) is 1. The van der Waals surface area contributed by atoms with Crippen molar-refractivity contribution in [3.8, 4) is 11.5 Å². The van der Waals surface area contributed by atoms with Crippen LogP contribution in [0.4, 0.5) is 0 Å². The maximum Gasteiger partial charge on any atom is 0.240 e. The highest BCUT2D eigenvalue weighted by Gasteiger charge is 2.21. The van der Waals surface area contributed by atoms with Gasteiger partial charge in [0.05, 0.1) is 4.90 Å². The second kappa shape index (κ2) is 8.38. The van der Waals surface area contributed by atoms with Crippen LogP contribution in [0.1, 0.15) is 39.0 Å². The summed E-state index contributed by atoms with van der Waals surface area (Å²) in [4.78, 5) is 2.73. The second-order valence-corrected chi connectivity index (χ2v) is 8.42. The van der Waals surface area contributed by atoms with Crippen molar-refractivity contribution in [3.05, 3.63) is 18.2 Å². The molecule has 2 aliphatic rings. The van der Waals surface area contributed by atoms with Gasteiger partial charge in [0, 0.05) is 18.7 Å². The van der Waals surface area contributed by atoms with Crippen LogP contribution in [0.2, 0.25) is 0 Å². The molecule has 1 aromatic rings. The summed E-state index contributed by atoms with van der Waals surface area (Å²) in [6.07, 6.45) is 5.81. The zero-order valence-electron chi connectivity index (χ0n) is 14.9. The van der Waals surface area contributed by atoms with Gasteiger partial charge in [-0.25, -0.2) is 13.1 Å². The Kier molecular flexibility index (Phi) is 6.19. The van der Waals surface area contributed by atoms with E-state index in [1.54, 1.807) is 12.1 Å². The van der Waals surface area contributed by atoms with Crippen molar-refractivity contribution in [2.75, 3.05) is 32.8 Å². The first kappa shape index (κ1) is 18.5. The minimum atomic E-state index is -3.52. The molecule has 2 heterocycles. The summed E-state index contributed by atoms with van der Waals surface area (Å²) >= 11 is 0. The number of hydrogen-bond donors (Lipinski definition) is 1. The predicted molar refractivity (Wildman–Crippen MR) is 96.7 cm³/mol. The van der Waals surface area contributed by atoms with Gasteiger partial charge in [-0.15, -0.1) is 0 Å². The Bertz CT molecular complexity index is 678. The molecule has 0 bridgehead atoms. The molecule has 1 atom stereocenters. The Balaban J connectivity index is 1.52. The van der Waals surface area contributed by atoms with E-state index in [1.807, 2.05) is 0 Å². The van der Waals surface area contributed by atoms with Crippen molar-refractivity contribution in [2.24, 2.45) is 0 Å². The molecule has 6 nitrogen and oxygen atoms in total. The Morgan fingerprint density at radius 2 is 2.00 bits per heavy atom. The van der Waals surface area contributed by atoms with E-state index in [2.05, 4.69) is 16.5 Å². The van der Waals surface area contributed by atoms with E-state index in [0.717, 1.165) is 19.5 Å². The Morgan fingerprint density at radius 1 is 1.20 bits per heavy atom. The van der Waals surface area contributed by atoms with Crippen molar-refractivity contribution in [1.29, 1.82) is 0 Å². The lowest BCUT2D eigenvalue weighted by molar-refractivity contribution is 0.143. The fraction of sp³-hybridized carbons (Fsp3) is 0.667. The monoisotopic (exact) mass is 368 g/mol. The van der Waals surface area contributed by atoms with Gasteiger partial charge in [-0.1, -0.05) is 13.3 Å². The van der Waals surface area contributed by atoms with Crippen LogP contribution in [-0.4, -0.2) is 52.2 Å². The van der Waals surface area contributed by atoms with Crippen LogP contribution in [0.15, 0.2) is 23.1 Å². The van der Waals surface area contributed by atoms with E-state index in [0.29, 0.717) is 37.3 Å². The normalized spacial score (nSPS) is 21.2. The molecule has 0 saturated carbocycles. The van der Waals surface area contributed by atoms with Crippen molar-refractivity contribution in [2.45, 2.75) is 50.0 Å². The summed E-state index contributed by atoms with van der Waals surface area (Å²) in [5, 5.41) is 0. The number of ether oxygens (including phenoxy) is 2.